The number of hydrogen-bond donors (Lipinski definition) is 0. The van der Waals surface area contributed by atoms with Gasteiger partial charge in [-0.3, -0.25) is 14.2 Å². The molecule has 0 radical (unpaired) electrons. The van der Waals surface area contributed by atoms with Crippen LogP contribution in [0.2, 0.25) is 0 Å². The Kier molecular flexibility index (Phi) is 3.76. The van der Waals surface area contributed by atoms with Crippen molar-refractivity contribution >= 4 is 27.5 Å². The summed E-state index contributed by atoms with van der Waals surface area (Å²) in [5, 5.41) is 2.41. The van der Waals surface area contributed by atoms with E-state index in [1.165, 1.54) is 22.2 Å². The van der Waals surface area contributed by atoms with Crippen LogP contribution in [0.4, 0.5) is 0 Å². The fraction of sp³-hybridized carbons (Fsp3) is 0.417. The molecule has 0 atom stereocenters. The molecule has 0 saturated carbocycles. The summed E-state index contributed by atoms with van der Waals surface area (Å²) in [5.74, 6) is -0.0570. The van der Waals surface area contributed by atoms with Crippen molar-refractivity contribution in [1.82, 2.24) is 14.5 Å². The van der Waals surface area contributed by atoms with Crippen LogP contribution in [-0.2, 0) is 11.3 Å². The van der Waals surface area contributed by atoms with Gasteiger partial charge < -0.3 is 4.90 Å². The minimum atomic E-state index is -0.151. The van der Waals surface area contributed by atoms with Crippen LogP contribution >= 0.6 is 11.3 Å². The Morgan fingerprint density at radius 2 is 2.17 bits per heavy atom. The lowest BCUT2D eigenvalue weighted by atomic mass is 10.4. The molecule has 0 aliphatic heterocycles. The average Bonchev–Trinajstić information content (AvgIpc) is 2.83. The standard InChI is InChI=1S/C12H15N3O2S/c1-3-14(4-2)10(16)7-15-8-13-11-9(12(15)17)5-6-18-11/h5-6,8H,3-4,7H2,1-2H3. The second-order valence-corrected chi connectivity index (χ2v) is 4.78. The molecule has 6 heteroatoms. The molecule has 96 valence electrons. The van der Waals surface area contributed by atoms with Crippen LogP contribution in [0.1, 0.15) is 13.8 Å². The lowest BCUT2D eigenvalue weighted by Gasteiger charge is -2.18. The van der Waals surface area contributed by atoms with Crippen LogP contribution in [0.25, 0.3) is 10.2 Å². The summed E-state index contributed by atoms with van der Waals surface area (Å²) in [4.78, 5) is 30.6. The number of hydrogen-bond acceptors (Lipinski definition) is 4. The van der Waals surface area contributed by atoms with Gasteiger partial charge in [-0.15, -0.1) is 11.3 Å². The summed E-state index contributed by atoms with van der Waals surface area (Å²) < 4.78 is 1.37. The van der Waals surface area contributed by atoms with E-state index in [2.05, 4.69) is 4.98 Å². The maximum Gasteiger partial charge on any atom is 0.262 e. The van der Waals surface area contributed by atoms with Crippen LogP contribution in [0, 0.1) is 0 Å². The van der Waals surface area contributed by atoms with Gasteiger partial charge in [0.15, 0.2) is 0 Å². The number of likely N-dealkylation sites (N-methyl/N-ethyl adjacent to an activating group) is 1. The molecule has 0 aliphatic carbocycles. The summed E-state index contributed by atoms with van der Waals surface area (Å²) in [6.07, 6.45) is 1.45. The van der Waals surface area contributed by atoms with Gasteiger partial charge in [-0.25, -0.2) is 4.98 Å². The van der Waals surface area contributed by atoms with Gasteiger partial charge in [0.25, 0.3) is 5.56 Å². The molecule has 0 bridgehead atoms. The smallest absolute Gasteiger partial charge is 0.262 e. The summed E-state index contributed by atoms with van der Waals surface area (Å²) in [6.45, 7) is 5.20. The van der Waals surface area contributed by atoms with Crippen molar-refractivity contribution in [2.24, 2.45) is 0 Å². The van der Waals surface area contributed by atoms with Crippen molar-refractivity contribution < 1.29 is 4.79 Å². The highest BCUT2D eigenvalue weighted by Gasteiger charge is 2.12. The molecular formula is C12H15N3O2S. The van der Waals surface area contributed by atoms with Crippen LogP contribution in [-0.4, -0.2) is 33.4 Å². The number of carbonyl (C=O) groups excluding carboxylic acids is 1. The molecule has 0 saturated heterocycles. The SMILES string of the molecule is CCN(CC)C(=O)Cn1cnc2sccc2c1=O. The van der Waals surface area contributed by atoms with Crippen LogP contribution < -0.4 is 5.56 Å². The van der Waals surface area contributed by atoms with Gasteiger partial charge in [0.05, 0.1) is 11.7 Å². The Hall–Kier alpha value is -1.69. The predicted octanol–water partition coefficient (Wildman–Crippen LogP) is 1.33. The van der Waals surface area contributed by atoms with Crippen LogP contribution in [0.5, 0.6) is 0 Å². The first-order chi connectivity index (χ1) is 8.67. The van der Waals surface area contributed by atoms with Gasteiger partial charge >= 0.3 is 0 Å². The third-order valence-electron chi connectivity index (χ3n) is 2.87. The third kappa shape index (κ3) is 2.28. The molecule has 0 aromatic carbocycles. The Morgan fingerprint density at radius 1 is 1.44 bits per heavy atom. The first-order valence-electron chi connectivity index (χ1n) is 5.87. The molecule has 2 aromatic heterocycles. The number of fused-ring (bicyclic) bond motifs is 1. The van der Waals surface area contributed by atoms with E-state index in [9.17, 15) is 9.59 Å². The third-order valence-corrected chi connectivity index (χ3v) is 3.69. The molecule has 0 aliphatic rings. The first kappa shape index (κ1) is 12.8. The fourth-order valence-electron chi connectivity index (χ4n) is 1.83. The Labute approximate surface area is 109 Å². The first-order valence-corrected chi connectivity index (χ1v) is 6.75. The molecule has 0 N–H and O–H groups in total. The maximum absolute atomic E-state index is 12.1. The largest absolute Gasteiger partial charge is 0.342 e. The zero-order valence-corrected chi connectivity index (χ0v) is 11.2. The molecule has 5 nitrogen and oxygen atoms in total. The monoisotopic (exact) mass is 265 g/mol. The van der Waals surface area contributed by atoms with Crippen LogP contribution in [0.3, 0.4) is 0 Å². The Bertz CT molecular complexity index is 613. The Balaban J connectivity index is 2.29. The van der Waals surface area contributed by atoms with E-state index in [1.54, 1.807) is 11.0 Å². The number of aromatic nitrogens is 2. The van der Waals surface area contributed by atoms with Crippen LogP contribution in [0.15, 0.2) is 22.6 Å². The van der Waals surface area contributed by atoms with Crippen molar-refractivity contribution in [3.8, 4) is 0 Å². The van der Waals surface area contributed by atoms with Crippen molar-refractivity contribution in [3.63, 3.8) is 0 Å². The molecule has 18 heavy (non-hydrogen) atoms. The minimum absolute atomic E-state index is 0.0549. The number of carbonyl (C=O) groups is 1. The predicted molar refractivity (Wildman–Crippen MR) is 71.8 cm³/mol. The molecule has 0 fully saturated rings. The lowest BCUT2D eigenvalue weighted by molar-refractivity contribution is -0.131. The van der Waals surface area contributed by atoms with E-state index in [0.29, 0.717) is 23.3 Å². The topological polar surface area (TPSA) is 55.2 Å². The lowest BCUT2D eigenvalue weighted by Crippen LogP contribution is -2.36. The number of thiophene rings is 1. The second kappa shape index (κ2) is 5.30. The molecular weight excluding hydrogens is 250 g/mol. The summed E-state index contributed by atoms with van der Waals surface area (Å²) in [5.41, 5.74) is -0.151. The normalized spacial score (nSPS) is 10.8. The molecule has 2 rings (SSSR count). The minimum Gasteiger partial charge on any atom is -0.342 e. The highest BCUT2D eigenvalue weighted by Crippen LogP contribution is 2.13. The van der Waals surface area contributed by atoms with Crippen molar-refractivity contribution in [3.05, 3.63) is 28.1 Å². The van der Waals surface area contributed by atoms with Crippen molar-refractivity contribution in [2.45, 2.75) is 20.4 Å². The highest BCUT2D eigenvalue weighted by atomic mass is 32.1. The molecule has 0 unspecified atom stereocenters. The highest BCUT2D eigenvalue weighted by molar-refractivity contribution is 7.16. The quantitative estimate of drug-likeness (QED) is 0.838. The van der Waals surface area contributed by atoms with Crippen molar-refractivity contribution in [1.29, 1.82) is 0 Å². The molecule has 2 aromatic rings. The number of amides is 1. The van der Waals surface area contributed by atoms with Gasteiger partial charge in [-0.1, -0.05) is 0 Å². The second-order valence-electron chi connectivity index (χ2n) is 3.88. The number of nitrogens with zero attached hydrogens (tertiary/aromatic N) is 3. The van der Waals surface area contributed by atoms with Crippen molar-refractivity contribution in [2.75, 3.05) is 13.1 Å². The van der Waals surface area contributed by atoms with Gasteiger partial charge in [0, 0.05) is 13.1 Å². The molecule has 1 amide bonds. The van der Waals surface area contributed by atoms with Gasteiger partial charge in [-0.05, 0) is 25.3 Å². The summed E-state index contributed by atoms with van der Waals surface area (Å²) >= 11 is 1.42. The van der Waals surface area contributed by atoms with Gasteiger partial charge in [0.2, 0.25) is 5.91 Å². The molecule has 0 spiro atoms. The number of rotatable bonds is 4. The van der Waals surface area contributed by atoms with E-state index in [1.807, 2.05) is 19.2 Å². The van der Waals surface area contributed by atoms with E-state index < -0.39 is 0 Å². The van der Waals surface area contributed by atoms with E-state index >= 15 is 0 Å². The Morgan fingerprint density at radius 3 is 2.83 bits per heavy atom. The zero-order valence-electron chi connectivity index (χ0n) is 10.4. The fourth-order valence-corrected chi connectivity index (χ4v) is 2.55. The zero-order chi connectivity index (χ0) is 13.1. The van der Waals surface area contributed by atoms with Gasteiger partial charge in [0.1, 0.15) is 11.4 Å². The van der Waals surface area contributed by atoms with E-state index in [-0.39, 0.29) is 18.0 Å². The average molecular weight is 265 g/mol. The van der Waals surface area contributed by atoms with E-state index in [0.717, 1.165) is 0 Å². The summed E-state index contributed by atoms with van der Waals surface area (Å²) in [7, 11) is 0. The molecule has 2 heterocycles. The maximum atomic E-state index is 12.1. The van der Waals surface area contributed by atoms with Gasteiger partial charge in [-0.2, -0.15) is 0 Å². The summed E-state index contributed by atoms with van der Waals surface area (Å²) in [6, 6.07) is 1.74. The van der Waals surface area contributed by atoms with E-state index in [4.69, 9.17) is 0 Å².